The van der Waals surface area contributed by atoms with Crippen molar-refractivity contribution in [2.75, 3.05) is 40.3 Å². The van der Waals surface area contributed by atoms with Crippen LogP contribution in [0.15, 0.2) is 12.4 Å². The number of rotatable bonds is 7. The molecule has 1 aromatic heterocycles. The first-order chi connectivity index (χ1) is 10.5. The van der Waals surface area contributed by atoms with E-state index in [1.54, 1.807) is 0 Å². The Labute approximate surface area is 134 Å². The zero-order valence-corrected chi connectivity index (χ0v) is 14.5. The van der Waals surface area contributed by atoms with Crippen LogP contribution >= 0.6 is 0 Å². The number of nitrogens with zero attached hydrogens (tertiary/aromatic N) is 4. The molecule has 1 atom stereocenters. The van der Waals surface area contributed by atoms with Crippen molar-refractivity contribution in [2.24, 2.45) is 0 Å². The van der Waals surface area contributed by atoms with Crippen molar-refractivity contribution in [3.05, 3.63) is 23.8 Å². The monoisotopic (exact) mass is 306 g/mol. The van der Waals surface area contributed by atoms with Gasteiger partial charge in [-0.3, -0.25) is 4.90 Å². The van der Waals surface area contributed by atoms with Crippen LogP contribution in [0.4, 0.5) is 0 Å². The molecule has 124 valence electrons. The van der Waals surface area contributed by atoms with E-state index in [1.165, 1.54) is 12.0 Å². The van der Waals surface area contributed by atoms with Crippen molar-refractivity contribution in [3.8, 4) is 0 Å². The Morgan fingerprint density at radius 2 is 1.91 bits per heavy atom. The molecule has 0 aromatic carbocycles. The van der Waals surface area contributed by atoms with Gasteiger partial charge in [-0.1, -0.05) is 6.92 Å². The second kappa shape index (κ2) is 7.99. The van der Waals surface area contributed by atoms with Gasteiger partial charge in [0.05, 0.1) is 0 Å². The molecule has 2 rings (SSSR count). The summed E-state index contributed by atoms with van der Waals surface area (Å²) in [6, 6.07) is 0. The van der Waals surface area contributed by atoms with E-state index >= 15 is 0 Å². The SMILES string of the molecule is CCN(CCN(C)C)Cc1cnc(C2(C)CCCCO2)nc1. The summed E-state index contributed by atoms with van der Waals surface area (Å²) in [7, 11) is 4.22. The quantitative estimate of drug-likeness (QED) is 0.773. The molecule has 1 fully saturated rings. The first kappa shape index (κ1) is 17.3. The van der Waals surface area contributed by atoms with Crippen LogP contribution in [0.1, 0.15) is 44.5 Å². The summed E-state index contributed by atoms with van der Waals surface area (Å²) >= 11 is 0. The molecule has 0 saturated carbocycles. The molecule has 22 heavy (non-hydrogen) atoms. The van der Waals surface area contributed by atoms with Gasteiger partial charge in [0, 0.05) is 44.2 Å². The van der Waals surface area contributed by atoms with E-state index in [2.05, 4.69) is 47.7 Å². The lowest BCUT2D eigenvalue weighted by atomic mass is 9.95. The minimum absolute atomic E-state index is 0.299. The molecule has 1 aliphatic rings. The second-order valence-electron chi connectivity index (χ2n) is 6.62. The highest BCUT2D eigenvalue weighted by Crippen LogP contribution is 2.32. The number of hydrogen-bond donors (Lipinski definition) is 0. The van der Waals surface area contributed by atoms with Gasteiger partial charge >= 0.3 is 0 Å². The van der Waals surface area contributed by atoms with Gasteiger partial charge in [-0.05, 0) is 46.8 Å². The molecule has 0 aliphatic carbocycles. The minimum atomic E-state index is -0.299. The Hall–Kier alpha value is -1.04. The third kappa shape index (κ3) is 4.73. The van der Waals surface area contributed by atoms with Crippen molar-refractivity contribution < 1.29 is 4.74 Å². The molecule has 0 amide bonds. The van der Waals surface area contributed by atoms with Gasteiger partial charge in [-0.25, -0.2) is 9.97 Å². The molecule has 5 heteroatoms. The van der Waals surface area contributed by atoms with Gasteiger partial charge in [0.25, 0.3) is 0 Å². The molecular weight excluding hydrogens is 276 g/mol. The first-order valence-electron chi connectivity index (χ1n) is 8.36. The highest BCUT2D eigenvalue weighted by atomic mass is 16.5. The van der Waals surface area contributed by atoms with Crippen LogP contribution in [0, 0.1) is 0 Å². The fourth-order valence-corrected chi connectivity index (χ4v) is 2.77. The molecule has 0 spiro atoms. The first-order valence-corrected chi connectivity index (χ1v) is 8.36. The standard InChI is InChI=1S/C17H30N4O/c1-5-21(10-9-20(3)4)14-15-12-18-16(19-13-15)17(2)8-6-7-11-22-17/h12-13H,5-11,14H2,1-4H3. The summed E-state index contributed by atoms with van der Waals surface area (Å²) in [5, 5.41) is 0. The Morgan fingerprint density at radius 1 is 1.18 bits per heavy atom. The molecular formula is C17H30N4O. The molecule has 2 heterocycles. The number of likely N-dealkylation sites (N-methyl/N-ethyl adjacent to an activating group) is 2. The summed E-state index contributed by atoms with van der Waals surface area (Å²) in [6.45, 7) is 9.19. The van der Waals surface area contributed by atoms with Crippen LogP contribution in [0.25, 0.3) is 0 Å². The summed E-state index contributed by atoms with van der Waals surface area (Å²) < 4.78 is 5.92. The molecule has 5 nitrogen and oxygen atoms in total. The lowest BCUT2D eigenvalue weighted by Crippen LogP contribution is -2.33. The molecule has 1 aliphatic heterocycles. The maximum absolute atomic E-state index is 5.92. The molecule has 1 unspecified atom stereocenters. The van der Waals surface area contributed by atoms with Crippen LogP contribution in [-0.2, 0) is 16.9 Å². The van der Waals surface area contributed by atoms with Crippen molar-refractivity contribution in [1.82, 2.24) is 19.8 Å². The third-order valence-electron chi connectivity index (χ3n) is 4.36. The van der Waals surface area contributed by atoms with E-state index in [0.29, 0.717) is 0 Å². The Balaban J connectivity index is 1.96. The van der Waals surface area contributed by atoms with Crippen LogP contribution in [0.2, 0.25) is 0 Å². The van der Waals surface area contributed by atoms with Gasteiger partial charge < -0.3 is 9.64 Å². The topological polar surface area (TPSA) is 41.5 Å². The van der Waals surface area contributed by atoms with E-state index in [9.17, 15) is 0 Å². The van der Waals surface area contributed by atoms with E-state index in [0.717, 1.165) is 51.5 Å². The predicted molar refractivity (Wildman–Crippen MR) is 88.7 cm³/mol. The highest BCUT2D eigenvalue weighted by molar-refractivity contribution is 5.09. The van der Waals surface area contributed by atoms with Crippen LogP contribution in [0.5, 0.6) is 0 Å². The van der Waals surface area contributed by atoms with Gasteiger partial charge in [0.1, 0.15) is 5.60 Å². The zero-order valence-electron chi connectivity index (χ0n) is 14.5. The zero-order chi connectivity index (χ0) is 16.0. The van der Waals surface area contributed by atoms with Crippen LogP contribution in [0.3, 0.4) is 0 Å². The maximum atomic E-state index is 5.92. The second-order valence-corrected chi connectivity index (χ2v) is 6.62. The molecule has 0 bridgehead atoms. The minimum Gasteiger partial charge on any atom is -0.367 e. The van der Waals surface area contributed by atoms with Crippen LogP contribution in [-0.4, -0.2) is 60.1 Å². The fraction of sp³-hybridized carbons (Fsp3) is 0.765. The van der Waals surface area contributed by atoms with E-state index in [-0.39, 0.29) is 5.60 Å². The molecule has 1 aromatic rings. The van der Waals surface area contributed by atoms with Crippen molar-refractivity contribution in [1.29, 1.82) is 0 Å². The molecule has 0 N–H and O–H groups in total. The summed E-state index contributed by atoms with van der Waals surface area (Å²) in [5.41, 5.74) is 0.871. The summed E-state index contributed by atoms with van der Waals surface area (Å²) in [5.74, 6) is 0.826. The van der Waals surface area contributed by atoms with E-state index in [4.69, 9.17) is 4.74 Å². The fourth-order valence-electron chi connectivity index (χ4n) is 2.77. The van der Waals surface area contributed by atoms with Crippen molar-refractivity contribution in [3.63, 3.8) is 0 Å². The smallest absolute Gasteiger partial charge is 0.159 e. The lowest BCUT2D eigenvalue weighted by molar-refractivity contribution is -0.0761. The van der Waals surface area contributed by atoms with E-state index in [1.807, 2.05) is 12.4 Å². The average Bonchev–Trinajstić information content (AvgIpc) is 2.52. The summed E-state index contributed by atoms with van der Waals surface area (Å²) in [6.07, 6.45) is 7.27. The van der Waals surface area contributed by atoms with Gasteiger partial charge in [-0.15, -0.1) is 0 Å². The highest BCUT2D eigenvalue weighted by Gasteiger charge is 2.32. The molecule has 0 radical (unpaired) electrons. The number of hydrogen-bond acceptors (Lipinski definition) is 5. The maximum Gasteiger partial charge on any atom is 0.159 e. The van der Waals surface area contributed by atoms with Crippen LogP contribution < -0.4 is 0 Å². The third-order valence-corrected chi connectivity index (χ3v) is 4.36. The molecule has 1 saturated heterocycles. The van der Waals surface area contributed by atoms with Gasteiger partial charge in [-0.2, -0.15) is 0 Å². The Morgan fingerprint density at radius 3 is 2.45 bits per heavy atom. The normalized spacial score (nSPS) is 22.5. The lowest BCUT2D eigenvalue weighted by Gasteiger charge is -2.32. The van der Waals surface area contributed by atoms with Gasteiger partial charge in [0.2, 0.25) is 0 Å². The predicted octanol–water partition coefficient (Wildman–Crippen LogP) is 2.28. The number of ether oxygens (including phenoxy) is 1. The Kier molecular flexibility index (Phi) is 6.29. The number of aromatic nitrogens is 2. The van der Waals surface area contributed by atoms with Crippen molar-refractivity contribution >= 4 is 0 Å². The van der Waals surface area contributed by atoms with E-state index < -0.39 is 0 Å². The largest absolute Gasteiger partial charge is 0.367 e. The van der Waals surface area contributed by atoms with Crippen molar-refractivity contribution in [2.45, 2.75) is 45.3 Å². The Bertz CT molecular complexity index is 440. The summed E-state index contributed by atoms with van der Waals surface area (Å²) in [4.78, 5) is 13.8. The van der Waals surface area contributed by atoms with Gasteiger partial charge in [0.15, 0.2) is 5.82 Å². The average molecular weight is 306 g/mol.